The maximum Gasteiger partial charge on any atom is 0.409 e. The number of carbonyl (C=O) groups excluding carboxylic acids is 3. The molecule has 1 aliphatic heterocycles. The van der Waals surface area contributed by atoms with Crippen LogP contribution in [0.3, 0.4) is 0 Å². The Labute approximate surface area is 144 Å². The van der Waals surface area contributed by atoms with E-state index in [1.54, 1.807) is 13.0 Å². The van der Waals surface area contributed by atoms with Crippen LogP contribution in [-0.2, 0) is 14.3 Å². The van der Waals surface area contributed by atoms with Crippen molar-refractivity contribution in [3.05, 3.63) is 35.6 Å². The Morgan fingerprint density at radius 1 is 1.20 bits per heavy atom. The lowest BCUT2D eigenvalue weighted by molar-refractivity contribution is -0.146. The van der Waals surface area contributed by atoms with Gasteiger partial charge in [-0.15, -0.1) is 0 Å². The van der Waals surface area contributed by atoms with Gasteiger partial charge in [-0.1, -0.05) is 18.2 Å². The van der Waals surface area contributed by atoms with Gasteiger partial charge in [-0.2, -0.15) is 5.10 Å². The molecule has 9 heteroatoms. The van der Waals surface area contributed by atoms with Crippen molar-refractivity contribution in [1.29, 1.82) is 0 Å². The second-order valence-corrected chi connectivity index (χ2v) is 5.20. The number of rotatable bonds is 3. The zero-order chi connectivity index (χ0) is 18.2. The maximum absolute atomic E-state index is 13.4. The number of nitrogens with zero attached hydrogens (tertiary/aromatic N) is 3. The van der Waals surface area contributed by atoms with E-state index in [1.807, 2.05) is 0 Å². The highest BCUT2D eigenvalue weighted by Crippen LogP contribution is 2.05. The Kier molecular flexibility index (Phi) is 6.44. The molecule has 1 fully saturated rings. The van der Waals surface area contributed by atoms with Gasteiger partial charge in [-0.25, -0.2) is 14.6 Å². The third-order valence-electron chi connectivity index (χ3n) is 3.56. The number of benzene rings is 1. The van der Waals surface area contributed by atoms with Gasteiger partial charge in [-0.05, 0) is 13.0 Å². The number of carbonyl (C=O) groups is 3. The van der Waals surface area contributed by atoms with Crippen LogP contribution in [0.1, 0.15) is 12.5 Å². The summed E-state index contributed by atoms with van der Waals surface area (Å²) in [4.78, 5) is 38.2. The largest absolute Gasteiger partial charge is 0.450 e. The number of hydrazone groups is 1. The van der Waals surface area contributed by atoms with E-state index < -0.39 is 23.7 Å². The van der Waals surface area contributed by atoms with Gasteiger partial charge in [0.25, 0.3) is 0 Å². The number of hydrogen-bond acceptors (Lipinski definition) is 5. The SMILES string of the molecule is CCOC(=O)N1CCN(C(=O)C(=O)NN=Cc2ccccc2F)CC1. The number of piperazine rings is 1. The maximum atomic E-state index is 13.4. The van der Waals surface area contributed by atoms with E-state index in [2.05, 4.69) is 10.5 Å². The van der Waals surface area contributed by atoms with Crippen LogP contribution in [0.4, 0.5) is 9.18 Å². The summed E-state index contributed by atoms with van der Waals surface area (Å²) in [6.07, 6.45) is 0.688. The highest BCUT2D eigenvalue weighted by molar-refractivity contribution is 6.35. The number of nitrogens with one attached hydrogen (secondary N) is 1. The quantitative estimate of drug-likeness (QED) is 0.490. The van der Waals surface area contributed by atoms with Gasteiger partial charge in [0, 0.05) is 31.7 Å². The van der Waals surface area contributed by atoms with Gasteiger partial charge in [0.1, 0.15) is 5.82 Å². The fraction of sp³-hybridized carbons (Fsp3) is 0.375. The second kappa shape index (κ2) is 8.76. The first-order valence-corrected chi connectivity index (χ1v) is 7.81. The lowest BCUT2D eigenvalue weighted by Crippen LogP contribution is -2.53. The predicted molar refractivity (Wildman–Crippen MR) is 87.3 cm³/mol. The molecular weight excluding hydrogens is 331 g/mol. The molecular formula is C16H19FN4O4. The Morgan fingerprint density at radius 3 is 2.48 bits per heavy atom. The first-order valence-electron chi connectivity index (χ1n) is 7.81. The molecule has 0 spiro atoms. The minimum atomic E-state index is -0.919. The second-order valence-electron chi connectivity index (χ2n) is 5.20. The van der Waals surface area contributed by atoms with E-state index in [4.69, 9.17) is 4.74 Å². The molecule has 1 aromatic rings. The molecule has 0 aromatic heterocycles. The zero-order valence-electron chi connectivity index (χ0n) is 13.8. The average molecular weight is 350 g/mol. The highest BCUT2D eigenvalue weighted by atomic mass is 19.1. The smallest absolute Gasteiger partial charge is 0.409 e. The first-order chi connectivity index (χ1) is 12.0. The fourth-order valence-electron chi connectivity index (χ4n) is 2.24. The van der Waals surface area contributed by atoms with E-state index >= 15 is 0 Å². The third kappa shape index (κ3) is 5.00. The van der Waals surface area contributed by atoms with Crippen molar-refractivity contribution in [2.45, 2.75) is 6.92 Å². The minimum Gasteiger partial charge on any atom is -0.450 e. The molecule has 1 saturated heterocycles. The molecule has 1 aromatic carbocycles. The fourth-order valence-corrected chi connectivity index (χ4v) is 2.24. The molecule has 0 atom stereocenters. The molecule has 134 valence electrons. The normalized spacial score (nSPS) is 14.5. The van der Waals surface area contributed by atoms with Crippen molar-refractivity contribution in [3.63, 3.8) is 0 Å². The summed E-state index contributed by atoms with van der Waals surface area (Å²) in [6, 6.07) is 5.91. The summed E-state index contributed by atoms with van der Waals surface area (Å²) < 4.78 is 18.3. The van der Waals surface area contributed by atoms with Gasteiger partial charge < -0.3 is 14.5 Å². The summed E-state index contributed by atoms with van der Waals surface area (Å²) in [5.41, 5.74) is 2.27. The van der Waals surface area contributed by atoms with Gasteiger partial charge in [0.05, 0.1) is 12.8 Å². The van der Waals surface area contributed by atoms with Gasteiger partial charge in [0.2, 0.25) is 0 Å². The predicted octanol–water partition coefficient (Wildman–Crippen LogP) is 0.577. The number of halogens is 1. The van der Waals surface area contributed by atoms with Crippen molar-refractivity contribution in [2.75, 3.05) is 32.8 Å². The summed E-state index contributed by atoms with van der Waals surface area (Å²) in [5.74, 6) is -2.16. The molecule has 3 amide bonds. The number of ether oxygens (including phenoxy) is 1. The van der Waals surface area contributed by atoms with Gasteiger partial charge >= 0.3 is 17.9 Å². The molecule has 0 saturated carbocycles. The lowest BCUT2D eigenvalue weighted by atomic mass is 10.2. The Morgan fingerprint density at radius 2 is 1.84 bits per heavy atom. The highest BCUT2D eigenvalue weighted by Gasteiger charge is 2.28. The molecule has 0 unspecified atom stereocenters. The zero-order valence-corrected chi connectivity index (χ0v) is 13.8. The number of amides is 3. The molecule has 2 rings (SSSR count). The Bertz CT molecular complexity index is 672. The van der Waals surface area contributed by atoms with Gasteiger partial charge in [-0.3, -0.25) is 9.59 Å². The van der Waals surface area contributed by atoms with Crippen molar-refractivity contribution >= 4 is 24.1 Å². The van der Waals surface area contributed by atoms with Crippen LogP contribution in [-0.4, -0.2) is 66.7 Å². The first kappa shape index (κ1) is 18.4. The molecule has 1 heterocycles. The summed E-state index contributed by atoms with van der Waals surface area (Å²) >= 11 is 0. The van der Waals surface area contributed by atoms with Crippen LogP contribution in [0, 0.1) is 5.82 Å². The Balaban J connectivity index is 1.82. The lowest BCUT2D eigenvalue weighted by Gasteiger charge is -2.33. The van der Waals surface area contributed by atoms with Crippen molar-refractivity contribution in [3.8, 4) is 0 Å². The van der Waals surface area contributed by atoms with Crippen LogP contribution in [0.5, 0.6) is 0 Å². The minimum absolute atomic E-state index is 0.193. The van der Waals surface area contributed by atoms with Crippen molar-refractivity contribution in [2.24, 2.45) is 5.10 Å². The van der Waals surface area contributed by atoms with Gasteiger partial charge in [0.15, 0.2) is 0 Å². The Hall–Kier alpha value is -2.97. The van der Waals surface area contributed by atoms with Crippen LogP contribution in [0.15, 0.2) is 29.4 Å². The standard InChI is InChI=1S/C16H19FN4O4/c1-2-25-16(24)21-9-7-20(8-10-21)15(23)14(22)19-18-11-12-5-3-4-6-13(12)17/h3-6,11H,2,7-10H2,1H3,(H,19,22). The molecule has 0 radical (unpaired) electrons. The third-order valence-corrected chi connectivity index (χ3v) is 3.56. The summed E-state index contributed by atoms with van der Waals surface area (Å²) in [5, 5.41) is 3.59. The van der Waals surface area contributed by atoms with Crippen LogP contribution in [0.2, 0.25) is 0 Å². The monoisotopic (exact) mass is 350 g/mol. The molecule has 1 N–H and O–H groups in total. The van der Waals surface area contributed by atoms with E-state index in [9.17, 15) is 18.8 Å². The average Bonchev–Trinajstić information content (AvgIpc) is 2.63. The van der Waals surface area contributed by atoms with Crippen LogP contribution in [0.25, 0.3) is 0 Å². The molecule has 25 heavy (non-hydrogen) atoms. The van der Waals surface area contributed by atoms with Crippen LogP contribution < -0.4 is 5.43 Å². The van der Waals surface area contributed by atoms with E-state index in [0.717, 1.165) is 6.21 Å². The van der Waals surface area contributed by atoms with Crippen LogP contribution >= 0.6 is 0 Å². The van der Waals surface area contributed by atoms with E-state index in [0.29, 0.717) is 0 Å². The molecule has 0 bridgehead atoms. The molecule has 0 aliphatic carbocycles. The van der Waals surface area contributed by atoms with E-state index in [1.165, 1.54) is 28.0 Å². The number of hydrogen-bond donors (Lipinski definition) is 1. The summed E-state index contributed by atoms with van der Waals surface area (Å²) in [7, 11) is 0. The van der Waals surface area contributed by atoms with Crippen molar-refractivity contribution in [1.82, 2.24) is 15.2 Å². The molecule has 1 aliphatic rings. The molecule has 8 nitrogen and oxygen atoms in total. The topological polar surface area (TPSA) is 91.3 Å². The summed E-state index contributed by atoms with van der Waals surface area (Å²) in [6.45, 7) is 3.02. The van der Waals surface area contributed by atoms with Crippen molar-refractivity contribution < 1.29 is 23.5 Å². The van der Waals surface area contributed by atoms with E-state index in [-0.39, 0.29) is 38.3 Å².